The van der Waals surface area contributed by atoms with Crippen LogP contribution in [-0.4, -0.2) is 60.2 Å². The molecule has 0 atom stereocenters. The molecule has 0 saturated carbocycles. The van der Waals surface area contributed by atoms with Crippen LogP contribution in [0, 0.1) is 0 Å². The second-order valence-electron chi connectivity index (χ2n) is 6.18. The average molecular weight is 338 g/mol. The van der Waals surface area contributed by atoms with Crippen molar-refractivity contribution in [2.45, 2.75) is 19.3 Å². The number of aliphatic imine (C=N–C) groups is 2. The van der Waals surface area contributed by atoms with Crippen molar-refractivity contribution >= 4 is 29.8 Å². The van der Waals surface area contributed by atoms with E-state index in [4.69, 9.17) is 0 Å². The third-order valence-electron chi connectivity index (χ3n) is 4.45. The van der Waals surface area contributed by atoms with Gasteiger partial charge in [-0.25, -0.2) is 9.98 Å². The Morgan fingerprint density at radius 1 is 1.24 bits per heavy atom. The Kier molecular flexibility index (Phi) is 6.48. The molecule has 2 heterocycles. The van der Waals surface area contributed by atoms with Crippen molar-refractivity contribution in [2.75, 3.05) is 32.8 Å². The van der Waals surface area contributed by atoms with Crippen LogP contribution in [0.1, 0.15) is 19.3 Å². The van der Waals surface area contributed by atoms with Crippen molar-refractivity contribution in [3.8, 4) is 0 Å². The molecule has 1 saturated heterocycles. The lowest BCUT2D eigenvalue weighted by atomic mass is 10.1. The molecule has 0 aliphatic carbocycles. The number of piperidine rings is 1. The molecule has 132 valence electrons. The Morgan fingerprint density at radius 2 is 2.08 bits per heavy atom. The SMILES string of the molecule is C=N/C(=C\C=N/CNCCN1CCCCC1)n1cnc2ccccc21. The van der Waals surface area contributed by atoms with E-state index in [1.54, 1.807) is 12.5 Å². The summed E-state index contributed by atoms with van der Waals surface area (Å²) in [5, 5.41) is 3.35. The number of benzene rings is 1. The molecule has 0 spiro atoms. The van der Waals surface area contributed by atoms with Gasteiger partial charge in [-0.1, -0.05) is 18.6 Å². The van der Waals surface area contributed by atoms with Crippen molar-refractivity contribution in [3.63, 3.8) is 0 Å². The summed E-state index contributed by atoms with van der Waals surface area (Å²) in [6, 6.07) is 7.95. The van der Waals surface area contributed by atoms with Crippen LogP contribution < -0.4 is 5.32 Å². The van der Waals surface area contributed by atoms with E-state index in [0.29, 0.717) is 12.5 Å². The van der Waals surface area contributed by atoms with Crippen LogP contribution in [0.3, 0.4) is 0 Å². The first kappa shape index (κ1) is 17.5. The first-order valence-corrected chi connectivity index (χ1v) is 8.91. The van der Waals surface area contributed by atoms with Gasteiger partial charge in [0.2, 0.25) is 0 Å². The lowest BCUT2D eigenvalue weighted by molar-refractivity contribution is 0.229. The lowest BCUT2D eigenvalue weighted by Crippen LogP contribution is -2.35. The van der Waals surface area contributed by atoms with Crippen molar-refractivity contribution in [1.29, 1.82) is 0 Å². The molecule has 0 amide bonds. The molecule has 0 bridgehead atoms. The van der Waals surface area contributed by atoms with Gasteiger partial charge in [-0.15, -0.1) is 0 Å². The number of para-hydroxylation sites is 2. The topological polar surface area (TPSA) is 57.8 Å². The lowest BCUT2D eigenvalue weighted by Gasteiger charge is -2.26. The van der Waals surface area contributed by atoms with Gasteiger partial charge in [0.25, 0.3) is 0 Å². The Balaban J connectivity index is 1.48. The minimum absolute atomic E-state index is 0.611. The van der Waals surface area contributed by atoms with Gasteiger partial charge in [0.15, 0.2) is 0 Å². The summed E-state index contributed by atoms with van der Waals surface area (Å²) >= 11 is 0. The van der Waals surface area contributed by atoms with Crippen LogP contribution >= 0.6 is 0 Å². The van der Waals surface area contributed by atoms with Gasteiger partial charge < -0.3 is 4.90 Å². The maximum atomic E-state index is 4.38. The maximum absolute atomic E-state index is 4.38. The van der Waals surface area contributed by atoms with Crippen LogP contribution in [-0.2, 0) is 0 Å². The number of hydrogen-bond acceptors (Lipinski definition) is 5. The quantitative estimate of drug-likeness (QED) is 0.595. The molecule has 6 nitrogen and oxygen atoms in total. The minimum atomic E-state index is 0.611. The summed E-state index contributed by atoms with van der Waals surface area (Å²) in [7, 11) is 0. The first-order valence-electron chi connectivity index (χ1n) is 8.91. The molecular formula is C19H26N6. The number of hydrogen-bond donors (Lipinski definition) is 1. The molecule has 0 unspecified atom stereocenters. The molecule has 0 radical (unpaired) electrons. The number of fused-ring (bicyclic) bond motifs is 1. The normalized spacial score (nSPS) is 16.7. The van der Waals surface area contributed by atoms with Crippen LogP contribution in [0.15, 0.2) is 46.7 Å². The van der Waals surface area contributed by atoms with E-state index in [2.05, 4.69) is 31.9 Å². The van der Waals surface area contributed by atoms with Gasteiger partial charge in [-0.3, -0.25) is 14.9 Å². The summed E-state index contributed by atoms with van der Waals surface area (Å²) in [6.07, 6.45) is 9.44. The number of allylic oxidation sites excluding steroid dienone is 1. The van der Waals surface area contributed by atoms with Crippen LogP contribution in [0.2, 0.25) is 0 Å². The summed E-state index contributed by atoms with van der Waals surface area (Å²) in [6.45, 7) is 8.81. The van der Waals surface area contributed by atoms with E-state index < -0.39 is 0 Å². The largest absolute Gasteiger partial charge is 0.302 e. The van der Waals surface area contributed by atoms with Crippen molar-refractivity contribution < 1.29 is 0 Å². The van der Waals surface area contributed by atoms with E-state index in [0.717, 1.165) is 24.1 Å². The van der Waals surface area contributed by atoms with Gasteiger partial charge in [-0.2, -0.15) is 0 Å². The maximum Gasteiger partial charge on any atom is 0.139 e. The highest BCUT2D eigenvalue weighted by Gasteiger charge is 2.08. The Morgan fingerprint density at radius 3 is 2.92 bits per heavy atom. The van der Waals surface area contributed by atoms with Gasteiger partial charge in [-0.05, 0) is 50.9 Å². The predicted molar refractivity (Wildman–Crippen MR) is 105 cm³/mol. The van der Waals surface area contributed by atoms with E-state index >= 15 is 0 Å². The third kappa shape index (κ3) is 4.84. The third-order valence-corrected chi connectivity index (χ3v) is 4.45. The molecule has 1 aromatic heterocycles. The highest BCUT2D eigenvalue weighted by molar-refractivity contribution is 5.84. The number of nitrogens with zero attached hydrogens (tertiary/aromatic N) is 5. The molecule has 1 aliphatic rings. The second kappa shape index (κ2) is 9.25. The summed E-state index contributed by atoms with van der Waals surface area (Å²) < 4.78 is 1.91. The number of likely N-dealkylation sites (tertiary alicyclic amines) is 1. The van der Waals surface area contributed by atoms with E-state index in [1.165, 1.54) is 32.4 Å². The molecule has 2 aromatic rings. The zero-order chi connectivity index (χ0) is 17.3. The summed E-state index contributed by atoms with van der Waals surface area (Å²) in [5.74, 6) is 0.714. The van der Waals surface area contributed by atoms with Gasteiger partial charge in [0, 0.05) is 19.3 Å². The highest BCUT2D eigenvalue weighted by Crippen LogP contribution is 2.16. The zero-order valence-electron chi connectivity index (χ0n) is 14.6. The monoisotopic (exact) mass is 338 g/mol. The fourth-order valence-corrected chi connectivity index (χ4v) is 3.09. The molecule has 3 rings (SSSR count). The van der Waals surface area contributed by atoms with Crippen molar-refractivity contribution in [2.24, 2.45) is 9.98 Å². The molecule has 1 N–H and O–H groups in total. The fourth-order valence-electron chi connectivity index (χ4n) is 3.09. The smallest absolute Gasteiger partial charge is 0.139 e. The van der Waals surface area contributed by atoms with Crippen LogP contribution in [0.4, 0.5) is 0 Å². The second-order valence-corrected chi connectivity index (χ2v) is 6.18. The summed E-state index contributed by atoms with van der Waals surface area (Å²) in [4.78, 5) is 15.4. The van der Waals surface area contributed by atoms with Crippen LogP contribution in [0.25, 0.3) is 16.9 Å². The molecule has 1 aromatic carbocycles. The Bertz CT molecular complexity index is 739. The predicted octanol–water partition coefficient (Wildman–Crippen LogP) is 2.64. The van der Waals surface area contributed by atoms with Crippen molar-refractivity contribution in [1.82, 2.24) is 19.8 Å². The molecule has 6 heteroatoms. The Labute approximate surface area is 149 Å². The van der Waals surface area contributed by atoms with E-state index in [9.17, 15) is 0 Å². The number of nitrogens with one attached hydrogen (secondary N) is 1. The van der Waals surface area contributed by atoms with Gasteiger partial charge in [0.05, 0.1) is 17.7 Å². The number of rotatable bonds is 8. The van der Waals surface area contributed by atoms with Crippen LogP contribution in [0.5, 0.6) is 0 Å². The molecular weight excluding hydrogens is 312 g/mol. The summed E-state index contributed by atoms with van der Waals surface area (Å²) in [5.41, 5.74) is 1.95. The molecule has 1 fully saturated rings. The number of aromatic nitrogens is 2. The number of imidazole rings is 1. The zero-order valence-corrected chi connectivity index (χ0v) is 14.6. The average Bonchev–Trinajstić information content (AvgIpc) is 3.09. The first-order chi connectivity index (χ1) is 12.4. The Hall–Kier alpha value is -2.31. The van der Waals surface area contributed by atoms with E-state index in [-0.39, 0.29) is 0 Å². The fraction of sp³-hybridized carbons (Fsp3) is 0.421. The molecule has 25 heavy (non-hydrogen) atoms. The van der Waals surface area contributed by atoms with Gasteiger partial charge >= 0.3 is 0 Å². The van der Waals surface area contributed by atoms with Crippen molar-refractivity contribution in [3.05, 3.63) is 36.7 Å². The highest BCUT2D eigenvalue weighted by atomic mass is 15.2. The standard InChI is InChI=1S/C19H26N6/c1-20-19(25-16-23-17-7-3-4-8-18(17)25)9-10-21-15-22-11-14-24-12-5-2-6-13-24/h3-4,7-10,16,22H,1-2,5-6,11-15H2/b19-9+,21-10-. The molecule has 1 aliphatic heterocycles. The van der Waals surface area contributed by atoms with Gasteiger partial charge in [0.1, 0.15) is 12.1 Å². The minimum Gasteiger partial charge on any atom is -0.302 e. The van der Waals surface area contributed by atoms with E-state index in [1.807, 2.05) is 34.9 Å².